The lowest BCUT2D eigenvalue weighted by molar-refractivity contribution is -0.154. The molecule has 0 fully saturated rings. The Bertz CT molecular complexity index is 752. The number of hydrogen-bond donors (Lipinski definition) is 1. The maximum Gasteiger partial charge on any atom is 0.449 e. The highest BCUT2D eigenvalue weighted by molar-refractivity contribution is 6.04. The largest absolute Gasteiger partial charge is 0.497 e. The summed E-state index contributed by atoms with van der Waals surface area (Å²) < 4.78 is 46.2. The van der Waals surface area contributed by atoms with E-state index < -0.39 is 23.5 Å². The molecule has 2 aromatic rings. The minimum Gasteiger partial charge on any atom is -0.497 e. The second-order valence-corrected chi connectivity index (χ2v) is 4.18. The van der Waals surface area contributed by atoms with Gasteiger partial charge in [0.25, 0.3) is 5.91 Å². The molecule has 0 saturated carbocycles. The highest BCUT2D eigenvalue weighted by Gasteiger charge is 2.34. The van der Waals surface area contributed by atoms with Crippen LogP contribution in [0.3, 0.4) is 0 Å². The van der Waals surface area contributed by atoms with E-state index in [0.717, 1.165) is 6.07 Å². The first-order valence-electron chi connectivity index (χ1n) is 5.98. The molecule has 0 atom stereocenters. The van der Waals surface area contributed by atoms with E-state index in [-0.39, 0.29) is 11.3 Å². The van der Waals surface area contributed by atoms with Crippen molar-refractivity contribution in [2.24, 2.45) is 0 Å². The maximum absolute atomic E-state index is 12.4. The third-order valence-corrected chi connectivity index (χ3v) is 2.68. The van der Waals surface area contributed by atoms with Gasteiger partial charge in [-0.3, -0.25) is 4.79 Å². The summed E-state index contributed by atoms with van der Waals surface area (Å²) in [5.74, 6) is -1.69. The van der Waals surface area contributed by atoms with Gasteiger partial charge in [0.1, 0.15) is 11.4 Å². The molecule has 8 heteroatoms. The van der Waals surface area contributed by atoms with Gasteiger partial charge >= 0.3 is 11.8 Å². The molecule has 5 nitrogen and oxygen atoms in total. The number of benzene rings is 1. The molecule has 0 aliphatic rings. The van der Waals surface area contributed by atoms with Crippen molar-refractivity contribution >= 4 is 11.6 Å². The monoisotopic (exact) mass is 313 g/mol. The number of rotatable bonds is 3. The van der Waals surface area contributed by atoms with Crippen LogP contribution in [0.2, 0.25) is 0 Å². The van der Waals surface area contributed by atoms with E-state index in [0.29, 0.717) is 11.8 Å². The summed E-state index contributed by atoms with van der Waals surface area (Å²) in [7, 11) is 1.42. The van der Waals surface area contributed by atoms with Gasteiger partial charge in [0.2, 0.25) is 5.76 Å². The number of alkyl halides is 3. The van der Waals surface area contributed by atoms with Crippen LogP contribution in [0.4, 0.5) is 18.9 Å². The quantitative estimate of drug-likeness (QED) is 0.946. The Morgan fingerprint density at radius 1 is 1.23 bits per heavy atom. The molecule has 116 valence electrons. The highest BCUT2D eigenvalue weighted by atomic mass is 19.4. The Balaban J connectivity index is 2.23. The Hall–Kier alpha value is -2.77. The van der Waals surface area contributed by atoms with Crippen LogP contribution in [-0.2, 0) is 6.18 Å². The topological polar surface area (TPSA) is 68.5 Å². The number of methoxy groups -OCH3 is 1. The van der Waals surface area contributed by atoms with Gasteiger partial charge in [0.15, 0.2) is 0 Å². The summed E-state index contributed by atoms with van der Waals surface area (Å²) in [5, 5.41) is 2.19. The van der Waals surface area contributed by atoms with E-state index in [2.05, 4.69) is 9.73 Å². The van der Waals surface area contributed by atoms with Gasteiger partial charge < -0.3 is 14.5 Å². The van der Waals surface area contributed by atoms with Gasteiger partial charge in [-0.15, -0.1) is 0 Å². The minimum atomic E-state index is -4.77. The van der Waals surface area contributed by atoms with Crippen LogP contribution < -0.4 is 15.7 Å². The lowest BCUT2D eigenvalue weighted by atomic mass is 10.2. The van der Waals surface area contributed by atoms with Crippen LogP contribution in [-0.4, -0.2) is 13.0 Å². The number of anilines is 1. The zero-order chi connectivity index (χ0) is 16.3. The minimum absolute atomic E-state index is 0.179. The van der Waals surface area contributed by atoms with Crippen molar-refractivity contribution in [2.75, 3.05) is 12.4 Å². The fourth-order valence-electron chi connectivity index (χ4n) is 1.62. The van der Waals surface area contributed by atoms with E-state index in [1.165, 1.54) is 19.2 Å². The number of nitrogens with one attached hydrogen (secondary N) is 1. The number of amides is 1. The van der Waals surface area contributed by atoms with Crippen LogP contribution in [0.1, 0.15) is 16.1 Å². The smallest absolute Gasteiger partial charge is 0.449 e. The molecule has 1 aromatic heterocycles. The van der Waals surface area contributed by atoms with Crippen LogP contribution in [0.25, 0.3) is 0 Å². The van der Waals surface area contributed by atoms with Crippen molar-refractivity contribution in [3.05, 3.63) is 58.1 Å². The third-order valence-electron chi connectivity index (χ3n) is 2.68. The standard InChI is InChI=1S/C14H10F3NO4/c1-21-9-4-2-3-8(7-9)12(19)18-10-5-6-11(14(15,16)17)22-13(10)20/h2-7H,1H3,(H,18,19). The zero-order valence-electron chi connectivity index (χ0n) is 11.2. The molecule has 22 heavy (non-hydrogen) atoms. The number of ether oxygens (including phenoxy) is 1. The van der Waals surface area contributed by atoms with Gasteiger partial charge in [-0.1, -0.05) is 6.07 Å². The second kappa shape index (κ2) is 5.92. The van der Waals surface area contributed by atoms with Crippen LogP contribution in [0.15, 0.2) is 45.6 Å². The summed E-state index contributed by atoms with van der Waals surface area (Å²) in [6.07, 6.45) is -4.77. The van der Waals surface area contributed by atoms with Crippen molar-refractivity contribution < 1.29 is 27.1 Å². The molecule has 0 aliphatic heterocycles. The molecule has 0 saturated heterocycles. The van der Waals surface area contributed by atoms with Crippen LogP contribution in [0, 0.1) is 0 Å². The van der Waals surface area contributed by atoms with Gasteiger partial charge in [-0.05, 0) is 30.3 Å². The lowest BCUT2D eigenvalue weighted by Crippen LogP contribution is -2.19. The average Bonchev–Trinajstić information content (AvgIpc) is 2.48. The Morgan fingerprint density at radius 3 is 2.55 bits per heavy atom. The molecule has 1 amide bonds. The normalized spacial score (nSPS) is 11.1. The van der Waals surface area contributed by atoms with Crippen molar-refractivity contribution in [2.45, 2.75) is 6.18 Å². The van der Waals surface area contributed by atoms with E-state index in [1.54, 1.807) is 12.1 Å². The molecule has 0 unspecified atom stereocenters. The van der Waals surface area contributed by atoms with Gasteiger partial charge in [0.05, 0.1) is 7.11 Å². The molecule has 1 aromatic carbocycles. The first-order valence-corrected chi connectivity index (χ1v) is 5.98. The molecule has 0 spiro atoms. The fraction of sp³-hybridized carbons (Fsp3) is 0.143. The molecule has 2 rings (SSSR count). The SMILES string of the molecule is COc1cccc(C(=O)Nc2ccc(C(F)(F)F)oc2=O)c1. The molecule has 1 N–H and O–H groups in total. The second-order valence-electron chi connectivity index (χ2n) is 4.18. The van der Waals surface area contributed by atoms with Gasteiger partial charge in [0, 0.05) is 5.56 Å². The van der Waals surface area contributed by atoms with Crippen molar-refractivity contribution in [3.8, 4) is 5.75 Å². The van der Waals surface area contributed by atoms with Gasteiger partial charge in [-0.2, -0.15) is 13.2 Å². The number of halogens is 3. The predicted octanol–water partition coefficient (Wildman–Crippen LogP) is 2.92. The van der Waals surface area contributed by atoms with E-state index in [1.807, 2.05) is 0 Å². The lowest BCUT2D eigenvalue weighted by Gasteiger charge is -2.07. The summed E-state index contributed by atoms with van der Waals surface area (Å²) >= 11 is 0. The Kier molecular flexibility index (Phi) is 4.20. The maximum atomic E-state index is 12.4. The Labute approximate surface area is 122 Å². The summed E-state index contributed by atoms with van der Waals surface area (Å²) in [4.78, 5) is 23.4. The molecular formula is C14H10F3NO4. The summed E-state index contributed by atoms with van der Waals surface area (Å²) in [6, 6.07) is 7.46. The van der Waals surface area contributed by atoms with Crippen molar-refractivity contribution in [1.82, 2.24) is 0 Å². The predicted molar refractivity (Wildman–Crippen MR) is 70.9 cm³/mol. The van der Waals surface area contributed by atoms with Crippen molar-refractivity contribution in [3.63, 3.8) is 0 Å². The summed E-state index contributed by atoms with van der Waals surface area (Å²) in [5.41, 5.74) is -1.49. The van der Waals surface area contributed by atoms with E-state index in [9.17, 15) is 22.8 Å². The van der Waals surface area contributed by atoms with Crippen LogP contribution >= 0.6 is 0 Å². The molecule has 0 aliphatic carbocycles. The van der Waals surface area contributed by atoms with Gasteiger partial charge in [-0.25, -0.2) is 4.79 Å². The molecule has 0 bridgehead atoms. The molecule has 0 radical (unpaired) electrons. The first kappa shape index (κ1) is 15.6. The molecular weight excluding hydrogens is 303 g/mol. The first-order chi connectivity index (χ1) is 10.3. The summed E-state index contributed by atoms with van der Waals surface area (Å²) in [6.45, 7) is 0. The Morgan fingerprint density at radius 2 is 1.95 bits per heavy atom. The van der Waals surface area contributed by atoms with E-state index >= 15 is 0 Å². The average molecular weight is 313 g/mol. The fourth-order valence-corrected chi connectivity index (χ4v) is 1.62. The zero-order valence-corrected chi connectivity index (χ0v) is 11.2. The highest BCUT2D eigenvalue weighted by Crippen LogP contribution is 2.28. The number of carbonyl (C=O) groups is 1. The third kappa shape index (κ3) is 3.46. The number of carbonyl (C=O) groups excluding carboxylic acids is 1. The van der Waals surface area contributed by atoms with Crippen molar-refractivity contribution in [1.29, 1.82) is 0 Å². The molecule has 1 heterocycles. The van der Waals surface area contributed by atoms with Crippen LogP contribution in [0.5, 0.6) is 5.75 Å². The van der Waals surface area contributed by atoms with E-state index in [4.69, 9.17) is 4.74 Å². The number of hydrogen-bond acceptors (Lipinski definition) is 4.